The lowest BCUT2D eigenvalue weighted by Gasteiger charge is -2.29. The monoisotopic (exact) mass is 539 g/mol. The lowest BCUT2D eigenvalue weighted by atomic mass is 10.1. The van der Waals surface area contributed by atoms with Gasteiger partial charge in [0.15, 0.2) is 0 Å². The van der Waals surface area contributed by atoms with Crippen molar-refractivity contribution in [3.05, 3.63) is 101 Å². The SMILES string of the molecule is CCNS(=O)(=O)c1ccc(CCC(=O)N(Cc2ccc(F)cc2)[C@H](C)C(=O)NCc2ccc(C)cc2)cc1. The second kappa shape index (κ2) is 13.3. The molecule has 9 heteroatoms. The summed E-state index contributed by atoms with van der Waals surface area (Å²) >= 11 is 0. The Morgan fingerprint density at radius 1 is 0.895 bits per heavy atom. The third kappa shape index (κ3) is 8.22. The van der Waals surface area contributed by atoms with Crippen LogP contribution in [0.25, 0.3) is 0 Å². The van der Waals surface area contributed by atoms with Gasteiger partial charge in [-0.2, -0.15) is 0 Å². The molecule has 0 radical (unpaired) electrons. The van der Waals surface area contributed by atoms with Crippen molar-refractivity contribution in [1.29, 1.82) is 0 Å². The van der Waals surface area contributed by atoms with E-state index in [9.17, 15) is 22.4 Å². The molecule has 3 aromatic rings. The molecule has 7 nitrogen and oxygen atoms in total. The van der Waals surface area contributed by atoms with Gasteiger partial charge in [-0.05, 0) is 61.2 Å². The molecule has 3 rings (SSSR count). The van der Waals surface area contributed by atoms with Crippen LogP contribution in [0, 0.1) is 12.7 Å². The van der Waals surface area contributed by atoms with Gasteiger partial charge in [0.2, 0.25) is 21.8 Å². The Kier molecular flexibility index (Phi) is 10.2. The molecule has 0 spiro atoms. The van der Waals surface area contributed by atoms with Crippen molar-refractivity contribution in [2.75, 3.05) is 6.54 Å². The van der Waals surface area contributed by atoms with Crippen molar-refractivity contribution < 1.29 is 22.4 Å². The predicted molar refractivity (Wildman–Crippen MR) is 145 cm³/mol. The summed E-state index contributed by atoms with van der Waals surface area (Å²) in [7, 11) is -3.55. The van der Waals surface area contributed by atoms with Crippen molar-refractivity contribution in [2.45, 2.75) is 57.6 Å². The van der Waals surface area contributed by atoms with Gasteiger partial charge in [-0.3, -0.25) is 9.59 Å². The highest BCUT2D eigenvalue weighted by Crippen LogP contribution is 2.16. The summed E-state index contributed by atoms with van der Waals surface area (Å²) in [5.74, 6) is -0.911. The first-order valence-electron chi connectivity index (χ1n) is 12.5. The summed E-state index contributed by atoms with van der Waals surface area (Å²) in [6, 6.07) is 19.3. The van der Waals surface area contributed by atoms with Crippen molar-refractivity contribution >= 4 is 21.8 Å². The van der Waals surface area contributed by atoms with Crippen LogP contribution in [-0.4, -0.2) is 37.7 Å². The first-order valence-corrected chi connectivity index (χ1v) is 14.0. The second-order valence-corrected chi connectivity index (χ2v) is 10.9. The molecule has 0 bridgehead atoms. The molecule has 0 saturated carbocycles. The van der Waals surface area contributed by atoms with Gasteiger partial charge in [0, 0.05) is 26.1 Å². The molecule has 0 saturated heterocycles. The fourth-order valence-electron chi connectivity index (χ4n) is 3.92. The summed E-state index contributed by atoms with van der Waals surface area (Å²) in [6.45, 7) is 6.15. The van der Waals surface area contributed by atoms with Gasteiger partial charge in [0.1, 0.15) is 11.9 Å². The van der Waals surface area contributed by atoms with Gasteiger partial charge in [-0.1, -0.05) is 61.0 Å². The van der Waals surface area contributed by atoms with Crippen LogP contribution < -0.4 is 10.0 Å². The van der Waals surface area contributed by atoms with Gasteiger partial charge < -0.3 is 10.2 Å². The van der Waals surface area contributed by atoms with Crippen LogP contribution in [0.3, 0.4) is 0 Å². The zero-order valence-corrected chi connectivity index (χ0v) is 22.7. The smallest absolute Gasteiger partial charge is 0.242 e. The van der Waals surface area contributed by atoms with Gasteiger partial charge in [0.25, 0.3) is 0 Å². The van der Waals surface area contributed by atoms with E-state index in [1.807, 2.05) is 31.2 Å². The van der Waals surface area contributed by atoms with Crippen LogP contribution >= 0.6 is 0 Å². The number of halogens is 1. The summed E-state index contributed by atoms with van der Waals surface area (Å²) in [6.07, 6.45) is 0.494. The number of aryl methyl sites for hydroxylation is 2. The summed E-state index contributed by atoms with van der Waals surface area (Å²) in [5.41, 5.74) is 3.58. The third-order valence-electron chi connectivity index (χ3n) is 6.22. The Bertz CT molecular complexity index is 1330. The zero-order valence-electron chi connectivity index (χ0n) is 21.9. The summed E-state index contributed by atoms with van der Waals surface area (Å²) in [4.78, 5) is 28.0. The maximum atomic E-state index is 13.4. The quantitative estimate of drug-likeness (QED) is 0.362. The summed E-state index contributed by atoms with van der Waals surface area (Å²) < 4.78 is 40.2. The number of carbonyl (C=O) groups is 2. The molecule has 0 aliphatic carbocycles. The number of rotatable bonds is 12. The van der Waals surface area contributed by atoms with E-state index in [4.69, 9.17) is 0 Å². The second-order valence-electron chi connectivity index (χ2n) is 9.17. The molecular formula is C29H34FN3O4S. The van der Waals surface area contributed by atoms with Crippen molar-refractivity contribution in [1.82, 2.24) is 14.9 Å². The lowest BCUT2D eigenvalue weighted by Crippen LogP contribution is -2.47. The largest absolute Gasteiger partial charge is 0.350 e. The number of hydrogen-bond acceptors (Lipinski definition) is 4. The molecular weight excluding hydrogens is 505 g/mol. The fourth-order valence-corrected chi connectivity index (χ4v) is 4.96. The maximum absolute atomic E-state index is 13.4. The Morgan fingerprint density at radius 3 is 2.08 bits per heavy atom. The Labute approximate surface area is 224 Å². The minimum Gasteiger partial charge on any atom is -0.350 e. The predicted octanol–water partition coefficient (Wildman–Crippen LogP) is 4.10. The molecule has 38 heavy (non-hydrogen) atoms. The molecule has 202 valence electrons. The zero-order chi connectivity index (χ0) is 27.7. The van der Waals surface area contributed by atoms with E-state index in [1.165, 1.54) is 29.2 Å². The number of nitrogens with zero attached hydrogens (tertiary/aromatic N) is 1. The lowest BCUT2D eigenvalue weighted by molar-refractivity contribution is -0.140. The van der Waals surface area contributed by atoms with E-state index in [-0.39, 0.29) is 35.5 Å². The molecule has 2 N–H and O–H groups in total. The molecule has 1 atom stereocenters. The van der Waals surface area contributed by atoms with Crippen molar-refractivity contribution in [3.63, 3.8) is 0 Å². The van der Waals surface area contributed by atoms with Gasteiger partial charge in [0.05, 0.1) is 4.90 Å². The van der Waals surface area contributed by atoms with Gasteiger partial charge >= 0.3 is 0 Å². The molecule has 0 heterocycles. The average molecular weight is 540 g/mol. The minimum atomic E-state index is -3.55. The molecule has 0 unspecified atom stereocenters. The van der Waals surface area contributed by atoms with Crippen molar-refractivity contribution in [2.24, 2.45) is 0 Å². The first-order chi connectivity index (χ1) is 18.1. The Balaban J connectivity index is 1.69. The maximum Gasteiger partial charge on any atom is 0.242 e. The van der Waals surface area contributed by atoms with E-state index >= 15 is 0 Å². The highest BCUT2D eigenvalue weighted by molar-refractivity contribution is 7.89. The Hall–Kier alpha value is -3.56. The first kappa shape index (κ1) is 29.0. The van der Waals surface area contributed by atoms with Crippen molar-refractivity contribution in [3.8, 4) is 0 Å². The molecule has 3 aromatic carbocycles. The van der Waals surface area contributed by atoms with Crippen LogP contribution in [-0.2, 0) is 39.1 Å². The van der Waals surface area contributed by atoms with E-state index < -0.39 is 16.1 Å². The van der Waals surface area contributed by atoms with Gasteiger partial charge in [-0.25, -0.2) is 17.5 Å². The van der Waals surface area contributed by atoms with Crippen LogP contribution in [0.2, 0.25) is 0 Å². The average Bonchev–Trinajstić information content (AvgIpc) is 2.90. The molecule has 2 amide bonds. The topological polar surface area (TPSA) is 95.6 Å². The number of amides is 2. The van der Waals surface area contributed by atoms with E-state index in [0.717, 1.165) is 16.7 Å². The number of carbonyl (C=O) groups excluding carboxylic acids is 2. The number of hydrogen-bond donors (Lipinski definition) is 2. The highest BCUT2D eigenvalue weighted by Gasteiger charge is 2.26. The van der Waals surface area contributed by atoms with E-state index in [1.54, 1.807) is 38.1 Å². The molecule has 0 aliphatic heterocycles. The fraction of sp³-hybridized carbons (Fsp3) is 0.310. The summed E-state index contributed by atoms with van der Waals surface area (Å²) in [5, 5.41) is 2.90. The minimum absolute atomic E-state index is 0.121. The third-order valence-corrected chi connectivity index (χ3v) is 7.78. The van der Waals surface area contributed by atoms with Crippen LogP contribution in [0.4, 0.5) is 4.39 Å². The van der Waals surface area contributed by atoms with E-state index in [2.05, 4.69) is 10.0 Å². The molecule has 0 aliphatic rings. The normalized spacial score (nSPS) is 12.1. The number of sulfonamides is 1. The molecule has 0 fully saturated rings. The number of nitrogens with one attached hydrogen (secondary N) is 2. The van der Waals surface area contributed by atoms with Crippen LogP contribution in [0.15, 0.2) is 77.7 Å². The standard InChI is InChI=1S/C29H34FN3O4S/c1-4-32-38(36,37)27-16-11-23(12-17-27)13-18-28(34)33(20-25-9-14-26(30)15-10-25)22(3)29(35)31-19-24-7-5-21(2)6-8-24/h5-12,14-17,22,32H,4,13,18-20H2,1-3H3,(H,31,35)/t22-/m1/s1. The van der Waals surface area contributed by atoms with Crippen LogP contribution in [0.1, 0.15) is 42.5 Å². The number of benzene rings is 3. The van der Waals surface area contributed by atoms with Gasteiger partial charge in [-0.15, -0.1) is 0 Å². The Morgan fingerprint density at radius 2 is 1.47 bits per heavy atom. The molecule has 0 aromatic heterocycles. The van der Waals surface area contributed by atoms with Crippen LogP contribution in [0.5, 0.6) is 0 Å². The van der Waals surface area contributed by atoms with E-state index in [0.29, 0.717) is 25.1 Å². The highest BCUT2D eigenvalue weighted by atomic mass is 32.2.